The summed E-state index contributed by atoms with van der Waals surface area (Å²) < 4.78 is 0. The van der Waals surface area contributed by atoms with Crippen LogP contribution in [0.5, 0.6) is 0 Å². The fraction of sp³-hybridized carbons (Fsp3) is 0.538. The van der Waals surface area contributed by atoms with Crippen molar-refractivity contribution in [2.45, 2.75) is 25.7 Å². The second-order valence-corrected chi connectivity index (χ2v) is 4.69. The standard InChI is InChI=1S/C13H19N/c1-10-6-4-5-7-12(10)13(2)8-11(13)9-14-3/h4-7,11,14H,8-9H2,1-3H3/t11-,13-/m1/s1. The molecule has 1 aromatic rings. The molecule has 0 aliphatic heterocycles. The minimum absolute atomic E-state index is 0.439. The van der Waals surface area contributed by atoms with Crippen molar-refractivity contribution in [2.75, 3.05) is 13.6 Å². The van der Waals surface area contributed by atoms with E-state index in [0.29, 0.717) is 5.41 Å². The lowest BCUT2D eigenvalue weighted by Gasteiger charge is -2.14. The molecule has 1 aliphatic carbocycles. The molecule has 76 valence electrons. The van der Waals surface area contributed by atoms with Gasteiger partial charge in [-0.05, 0) is 49.4 Å². The zero-order valence-corrected chi connectivity index (χ0v) is 9.30. The molecule has 0 bridgehead atoms. The molecule has 0 radical (unpaired) electrons. The molecule has 0 amide bonds. The van der Waals surface area contributed by atoms with E-state index in [1.165, 1.54) is 12.0 Å². The van der Waals surface area contributed by atoms with E-state index in [0.717, 1.165) is 12.5 Å². The molecule has 0 saturated heterocycles. The molecule has 1 aliphatic rings. The highest BCUT2D eigenvalue weighted by Crippen LogP contribution is 2.54. The van der Waals surface area contributed by atoms with Crippen LogP contribution in [-0.4, -0.2) is 13.6 Å². The van der Waals surface area contributed by atoms with Crippen LogP contribution < -0.4 is 5.32 Å². The SMILES string of the molecule is CNC[C@H]1C[C@@]1(C)c1ccccc1C. The third-order valence-electron chi connectivity index (χ3n) is 3.62. The number of aryl methyl sites for hydroxylation is 1. The second-order valence-electron chi connectivity index (χ2n) is 4.69. The number of hydrogen-bond acceptors (Lipinski definition) is 1. The average molecular weight is 189 g/mol. The Bertz CT molecular complexity index is 332. The average Bonchev–Trinajstić information content (AvgIpc) is 2.79. The number of nitrogens with one attached hydrogen (secondary N) is 1. The van der Waals surface area contributed by atoms with Crippen LogP contribution in [0.15, 0.2) is 24.3 Å². The Hall–Kier alpha value is -0.820. The van der Waals surface area contributed by atoms with Crippen LogP contribution in [-0.2, 0) is 5.41 Å². The van der Waals surface area contributed by atoms with Crippen molar-refractivity contribution in [3.05, 3.63) is 35.4 Å². The van der Waals surface area contributed by atoms with Crippen molar-refractivity contribution in [1.82, 2.24) is 5.32 Å². The minimum Gasteiger partial charge on any atom is -0.319 e. The molecule has 1 N–H and O–H groups in total. The van der Waals surface area contributed by atoms with Gasteiger partial charge in [-0.1, -0.05) is 31.2 Å². The molecular formula is C13H19N. The first-order valence-corrected chi connectivity index (χ1v) is 5.39. The van der Waals surface area contributed by atoms with Crippen molar-refractivity contribution in [3.63, 3.8) is 0 Å². The summed E-state index contributed by atoms with van der Waals surface area (Å²) in [7, 11) is 2.04. The van der Waals surface area contributed by atoms with Crippen molar-refractivity contribution in [3.8, 4) is 0 Å². The van der Waals surface area contributed by atoms with Gasteiger partial charge in [0.15, 0.2) is 0 Å². The number of rotatable bonds is 3. The highest BCUT2D eigenvalue weighted by molar-refractivity contribution is 5.38. The zero-order valence-electron chi connectivity index (χ0n) is 9.30. The molecule has 1 fully saturated rings. The third-order valence-corrected chi connectivity index (χ3v) is 3.62. The Kier molecular flexibility index (Phi) is 2.36. The Balaban J connectivity index is 2.21. The van der Waals surface area contributed by atoms with E-state index in [-0.39, 0.29) is 0 Å². The first-order valence-electron chi connectivity index (χ1n) is 5.39. The maximum absolute atomic E-state index is 3.27. The summed E-state index contributed by atoms with van der Waals surface area (Å²) in [5, 5.41) is 3.27. The van der Waals surface area contributed by atoms with Gasteiger partial charge in [0.05, 0.1) is 0 Å². The van der Waals surface area contributed by atoms with Gasteiger partial charge < -0.3 is 5.32 Å². The van der Waals surface area contributed by atoms with E-state index < -0.39 is 0 Å². The van der Waals surface area contributed by atoms with Crippen molar-refractivity contribution in [2.24, 2.45) is 5.92 Å². The summed E-state index contributed by atoms with van der Waals surface area (Å²) in [6.07, 6.45) is 1.33. The van der Waals surface area contributed by atoms with Gasteiger partial charge in [-0.15, -0.1) is 0 Å². The Morgan fingerprint density at radius 2 is 2.14 bits per heavy atom. The van der Waals surface area contributed by atoms with Crippen molar-refractivity contribution in [1.29, 1.82) is 0 Å². The molecule has 1 saturated carbocycles. The molecule has 0 aromatic heterocycles. The smallest absolute Gasteiger partial charge is 0.00148 e. The summed E-state index contributed by atoms with van der Waals surface area (Å²) in [5.74, 6) is 0.827. The molecule has 1 nitrogen and oxygen atoms in total. The van der Waals surface area contributed by atoms with E-state index in [1.807, 2.05) is 7.05 Å². The van der Waals surface area contributed by atoms with Crippen molar-refractivity contribution >= 4 is 0 Å². The Labute approximate surface area is 86.5 Å². The first kappa shape index (κ1) is 9.72. The molecule has 2 rings (SSSR count). The van der Waals surface area contributed by atoms with Crippen molar-refractivity contribution < 1.29 is 0 Å². The van der Waals surface area contributed by atoms with Gasteiger partial charge in [-0.2, -0.15) is 0 Å². The quantitative estimate of drug-likeness (QED) is 0.770. The highest BCUT2D eigenvalue weighted by atomic mass is 14.8. The van der Waals surface area contributed by atoms with E-state index in [9.17, 15) is 0 Å². The summed E-state index contributed by atoms with van der Waals surface area (Å²) in [6, 6.07) is 8.78. The number of hydrogen-bond donors (Lipinski definition) is 1. The van der Waals surface area contributed by atoms with Gasteiger partial charge in [0.25, 0.3) is 0 Å². The third kappa shape index (κ3) is 1.46. The molecular weight excluding hydrogens is 170 g/mol. The molecule has 0 spiro atoms. The van der Waals surface area contributed by atoms with E-state index in [4.69, 9.17) is 0 Å². The minimum atomic E-state index is 0.439. The van der Waals surface area contributed by atoms with Crippen LogP contribution >= 0.6 is 0 Å². The van der Waals surface area contributed by atoms with Gasteiger partial charge in [0.2, 0.25) is 0 Å². The maximum Gasteiger partial charge on any atom is -0.00148 e. The van der Waals surface area contributed by atoms with E-state index in [2.05, 4.69) is 43.4 Å². The molecule has 2 atom stereocenters. The first-order chi connectivity index (χ1) is 6.68. The summed E-state index contributed by atoms with van der Waals surface area (Å²) >= 11 is 0. The highest BCUT2D eigenvalue weighted by Gasteiger charge is 2.50. The maximum atomic E-state index is 3.27. The summed E-state index contributed by atoms with van der Waals surface area (Å²) in [6.45, 7) is 5.75. The zero-order chi connectivity index (χ0) is 10.2. The monoisotopic (exact) mass is 189 g/mol. The number of benzene rings is 1. The molecule has 1 aromatic carbocycles. The lowest BCUT2D eigenvalue weighted by atomic mass is 9.91. The van der Waals surface area contributed by atoms with Crippen LogP contribution in [0.4, 0.5) is 0 Å². The summed E-state index contributed by atoms with van der Waals surface area (Å²) in [4.78, 5) is 0. The molecule has 0 unspecified atom stereocenters. The van der Waals surface area contributed by atoms with Crippen LogP contribution in [0.1, 0.15) is 24.5 Å². The topological polar surface area (TPSA) is 12.0 Å². The summed E-state index contributed by atoms with van der Waals surface area (Å²) in [5.41, 5.74) is 3.42. The molecule has 14 heavy (non-hydrogen) atoms. The van der Waals surface area contributed by atoms with E-state index in [1.54, 1.807) is 5.56 Å². The van der Waals surface area contributed by atoms with Crippen LogP contribution in [0, 0.1) is 12.8 Å². The largest absolute Gasteiger partial charge is 0.319 e. The fourth-order valence-electron chi connectivity index (χ4n) is 2.54. The second kappa shape index (κ2) is 3.39. The lowest BCUT2D eigenvalue weighted by Crippen LogP contribution is -2.16. The van der Waals surface area contributed by atoms with Crippen LogP contribution in [0.2, 0.25) is 0 Å². The Morgan fingerprint density at radius 1 is 1.43 bits per heavy atom. The van der Waals surface area contributed by atoms with Gasteiger partial charge in [0, 0.05) is 0 Å². The predicted octanol–water partition coefficient (Wildman–Crippen LogP) is 2.49. The van der Waals surface area contributed by atoms with Crippen LogP contribution in [0.25, 0.3) is 0 Å². The van der Waals surface area contributed by atoms with Gasteiger partial charge in [0.1, 0.15) is 0 Å². The van der Waals surface area contributed by atoms with Gasteiger partial charge in [-0.3, -0.25) is 0 Å². The van der Waals surface area contributed by atoms with E-state index >= 15 is 0 Å². The molecule has 0 heterocycles. The lowest BCUT2D eigenvalue weighted by molar-refractivity contribution is 0.615. The molecule has 1 heteroatoms. The van der Waals surface area contributed by atoms with Gasteiger partial charge in [-0.25, -0.2) is 0 Å². The van der Waals surface area contributed by atoms with Crippen LogP contribution in [0.3, 0.4) is 0 Å². The van der Waals surface area contributed by atoms with Gasteiger partial charge >= 0.3 is 0 Å². The Morgan fingerprint density at radius 3 is 2.79 bits per heavy atom. The normalized spacial score (nSPS) is 30.4. The predicted molar refractivity (Wildman–Crippen MR) is 60.6 cm³/mol. The fourth-order valence-corrected chi connectivity index (χ4v) is 2.54.